The second-order valence-electron chi connectivity index (χ2n) is 9.47. The zero-order chi connectivity index (χ0) is 24.3. The monoisotopic (exact) mass is 466 g/mol. The Morgan fingerprint density at radius 1 is 0.697 bits per heavy atom. The fraction of sp³-hybridized carbons (Fsp3) is 0.571. The molecular formula is C28H46LiNO2P+. The first-order valence-corrected chi connectivity index (χ1v) is 13.6. The van der Waals surface area contributed by atoms with Crippen LogP contribution in [0.1, 0.15) is 78.4 Å². The Morgan fingerprint density at radius 2 is 1.15 bits per heavy atom. The summed E-state index contributed by atoms with van der Waals surface area (Å²) in [6.45, 7) is 19.9. The number of hydrogen-bond donors (Lipinski definition) is 0. The van der Waals surface area contributed by atoms with E-state index in [2.05, 4.69) is 107 Å². The largest absolute Gasteiger partial charge is 1.00 e. The normalized spacial score (nSPS) is 11.1. The number of nitrogens with zero attached hydrogens (tertiary/aromatic N) is 1. The van der Waals surface area contributed by atoms with Gasteiger partial charge >= 0.3 is 18.9 Å². The van der Waals surface area contributed by atoms with Crippen LogP contribution in [0.3, 0.4) is 0 Å². The molecule has 33 heavy (non-hydrogen) atoms. The van der Waals surface area contributed by atoms with Gasteiger partial charge in [0.15, 0.2) is 0 Å². The predicted molar refractivity (Wildman–Crippen MR) is 146 cm³/mol. The number of hydrogen-bond acceptors (Lipinski definition) is 2. The smallest absolute Gasteiger partial charge is 0.654 e. The van der Waals surface area contributed by atoms with Crippen molar-refractivity contribution in [3.05, 3.63) is 58.9 Å². The average Bonchev–Trinajstić information content (AvgIpc) is 2.73. The Kier molecular flexibility index (Phi) is 16.3. The van der Waals surface area contributed by atoms with Gasteiger partial charge in [-0.05, 0) is 45.6 Å². The van der Waals surface area contributed by atoms with Gasteiger partial charge < -0.3 is 14.8 Å². The van der Waals surface area contributed by atoms with Crippen molar-refractivity contribution in [2.45, 2.75) is 78.5 Å². The van der Waals surface area contributed by atoms with Gasteiger partial charge in [-0.1, -0.05) is 80.9 Å². The molecule has 0 radical (unpaired) electrons. The molecule has 0 amide bonds. The van der Waals surface area contributed by atoms with E-state index in [-0.39, 0.29) is 18.9 Å². The zero-order valence-corrected chi connectivity index (χ0v) is 24.0. The quantitative estimate of drug-likeness (QED) is 0.274. The molecule has 0 bridgehead atoms. The maximum Gasteiger partial charge on any atom is 1.00 e. The average molecular weight is 467 g/mol. The summed E-state index contributed by atoms with van der Waals surface area (Å²) in [4.78, 5) is 0. The van der Waals surface area contributed by atoms with Crippen LogP contribution in [-0.4, -0.2) is 38.8 Å². The van der Waals surface area contributed by atoms with Crippen molar-refractivity contribution in [2.24, 2.45) is 0 Å². The number of benzene rings is 2. The third kappa shape index (κ3) is 10.1. The summed E-state index contributed by atoms with van der Waals surface area (Å²) in [5, 5.41) is 6.78. The number of rotatable bonds is 10. The molecule has 0 aliphatic rings. The van der Waals surface area contributed by atoms with E-state index >= 15 is 0 Å². The minimum atomic E-state index is -0.664. The molecule has 0 fully saturated rings. The Labute approximate surface area is 217 Å². The summed E-state index contributed by atoms with van der Waals surface area (Å²) in [7, 11) is 2.64. The molecule has 0 aliphatic heterocycles. The van der Waals surface area contributed by atoms with Crippen LogP contribution in [0, 0.1) is 0 Å². The van der Waals surface area contributed by atoms with Crippen molar-refractivity contribution >= 4 is 24.6 Å². The van der Waals surface area contributed by atoms with Crippen LogP contribution in [0.2, 0.25) is 0 Å². The molecule has 2 rings (SSSR count). The molecule has 0 saturated carbocycles. The van der Waals surface area contributed by atoms with E-state index in [1.54, 1.807) is 14.2 Å². The first-order valence-electron chi connectivity index (χ1n) is 11.9. The van der Waals surface area contributed by atoms with E-state index < -0.39 is 7.92 Å². The van der Waals surface area contributed by atoms with Crippen LogP contribution < -0.4 is 24.2 Å². The zero-order valence-electron chi connectivity index (χ0n) is 23.0. The van der Waals surface area contributed by atoms with E-state index in [1.807, 2.05) is 0 Å². The molecule has 180 valence electrons. The molecule has 3 nitrogen and oxygen atoms in total. The Bertz CT molecular complexity index is 755. The summed E-state index contributed by atoms with van der Waals surface area (Å²) in [5.41, 5.74) is 6.47. The summed E-state index contributed by atoms with van der Waals surface area (Å²) in [5.74, 6) is 0.944. The van der Waals surface area contributed by atoms with Gasteiger partial charge in [-0.3, -0.25) is 0 Å². The van der Waals surface area contributed by atoms with Crippen LogP contribution in [0.5, 0.6) is 0 Å². The van der Waals surface area contributed by atoms with E-state index in [0.29, 0.717) is 36.4 Å². The van der Waals surface area contributed by atoms with E-state index in [1.165, 1.54) is 27.8 Å². The Morgan fingerprint density at radius 3 is 1.55 bits per heavy atom. The molecule has 0 heterocycles. The van der Waals surface area contributed by atoms with Crippen molar-refractivity contribution in [1.29, 1.82) is 0 Å². The summed E-state index contributed by atoms with van der Waals surface area (Å²) < 4.78 is 9.31. The van der Waals surface area contributed by atoms with Gasteiger partial charge in [0.05, 0.1) is 29.8 Å². The first kappa shape index (κ1) is 32.2. The second kappa shape index (κ2) is 16.8. The molecule has 0 saturated heterocycles. The van der Waals surface area contributed by atoms with Gasteiger partial charge in [-0.2, -0.15) is 0 Å². The fourth-order valence-corrected chi connectivity index (χ4v) is 7.33. The van der Waals surface area contributed by atoms with Crippen LogP contribution in [-0.2, 0) is 9.47 Å². The molecule has 0 aromatic heterocycles. The van der Waals surface area contributed by atoms with Crippen LogP contribution in [0.25, 0.3) is 5.32 Å². The van der Waals surface area contributed by atoms with Crippen molar-refractivity contribution < 1.29 is 28.3 Å². The second-order valence-corrected chi connectivity index (χ2v) is 13.2. The molecule has 0 atom stereocenters. The van der Waals surface area contributed by atoms with Gasteiger partial charge in [0.25, 0.3) is 0 Å². The number of para-hydroxylation sites is 2. The molecular weight excluding hydrogens is 420 g/mol. The van der Waals surface area contributed by atoms with E-state index in [9.17, 15) is 0 Å². The minimum absolute atomic E-state index is 0. The Hall–Kier alpha value is -0.813. The van der Waals surface area contributed by atoms with Crippen molar-refractivity contribution in [3.63, 3.8) is 0 Å². The summed E-state index contributed by atoms with van der Waals surface area (Å²) >= 11 is 0. The molecule has 2 aromatic rings. The molecule has 5 heteroatoms. The molecule has 0 spiro atoms. The van der Waals surface area contributed by atoms with Gasteiger partial charge in [-0.15, -0.1) is 5.69 Å². The molecule has 2 aromatic carbocycles. The van der Waals surface area contributed by atoms with Crippen LogP contribution >= 0.6 is 7.92 Å². The standard InChI is InChI=1S/C24H35NP.C4H10O2.Li/c1-16(2)20-12-11-13-21(17(3)4)24(20)25-22-14-9-10-15-23(22)26(18(5)6)19(7)8;1-5-3-4-6-2;/h9-19H,1-8H3;3-4H2,1-2H3;/q-1;;+1/p+1. The summed E-state index contributed by atoms with van der Waals surface area (Å²) in [6.07, 6.45) is 0. The van der Waals surface area contributed by atoms with Gasteiger partial charge in [-0.25, -0.2) is 0 Å². The minimum Gasteiger partial charge on any atom is -0.654 e. The molecule has 0 N–H and O–H groups in total. The maximum absolute atomic E-state index is 5.29. The topological polar surface area (TPSA) is 32.6 Å². The maximum atomic E-state index is 5.29. The molecule has 0 aliphatic carbocycles. The first-order chi connectivity index (χ1) is 15.1. The van der Waals surface area contributed by atoms with Gasteiger partial charge in [0, 0.05) is 22.1 Å². The van der Waals surface area contributed by atoms with Gasteiger partial charge in [0.1, 0.15) is 0 Å². The predicted octanol–water partition coefficient (Wildman–Crippen LogP) is 5.21. The third-order valence-corrected chi connectivity index (χ3v) is 9.06. The van der Waals surface area contributed by atoms with Crippen LogP contribution in [0.15, 0.2) is 42.5 Å². The van der Waals surface area contributed by atoms with E-state index in [4.69, 9.17) is 5.32 Å². The number of methoxy groups -OCH3 is 2. The van der Waals surface area contributed by atoms with Crippen molar-refractivity contribution in [3.8, 4) is 0 Å². The fourth-order valence-electron chi connectivity index (χ4n) is 4.03. The third-order valence-electron chi connectivity index (χ3n) is 5.53. The van der Waals surface area contributed by atoms with Crippen molar-refractivity contribution in [1.82, 2.24) is 0 Å². The van der Waals surface area contributed by atoms with Crippen LogP contribution in [0.4, 0.5) is 11.4 Å². The number of ether oxygens (including phenoxy) is 2. The van der Waals surface area contributed by atoms with E-state index in [0.717, 1.165) is 0 Å². The summed E-state index contributed by atoms with van der Waals surface area (Å²) in [6, 6.07) is 15.5. The molecule has 0 unspecified atom stereocenters. The SMILES string of the molecule is CC(C)c1cccc(C(C)C)c1[N-]c1ccccc1[PH+](C(C)C)C(C)C.COCCOC.[Li+]. The Balaban J connectivity index is 0.00000129. The van der Waals surface area contributed by atoms with Crippen molar-refractivity contribution in [2.75, 3.05) is 27.4 Å². The van der Waals surface area contributed by atoms with Gasteiger partial charge in [0.2, 0.25) is 0 Å².